The molecule has 0 fully saturated rings. The molecule has 0 aliphatic rings. The Morgan fingerprint density at radius 3 is 2.23 bits per heavy atom. The Morgan fingerprint density at radius 1 is 1.31 bits per heavy atom. The summed E-state index contributed by atoms with van der Waals surface area (Å²) in [6.45, 7) is 6.52. The van der Waals surface area contributed by atoms with Crippen LogP contribution in [-0.2, 0) is 0 Å². The van der Waals surface area contributed by atoms with Gasteiger partial charge in [0.2, 0.25) is 0 Å². The fourth-order valence-corrected chi connectivity index (χ4v) is 1.60. The van der Waals surface area contributed by atoms with Crippen LogP contribution in [-0.4, -0.2) is 13.1 Å². The normalized spacial score (nSPS) is 17.5. The highest BCUT2D eigenvalue weighted by molar-refractivity contribution is 4.91. The van der Waals surface area contributed by atoms with Crippen molar-refractivity contribution in [2.45, 2.75) is 46.1 Å². The molecule has 0 aromatic rings. The maximum absolute atomic E-state index is 9.01. The van der Waals surface area contributed by atoms with Crippen molar-refractivity contribution in [3.05, 3.63) is 0 Å². The van der Waals surface area contributed by atoms with Gasteiger partial charge in [0.05, 0.1) is 12.0 Å². The molecule has 1 N–H and O–H groups in total. The molecule has 0 aliphatic heterocycles. The number of hydrogen-bond acceptors (Lipinski definition) is 2. The predicted molar refractivity (Wildman–Crippen MR) is 56.3 cm³/mol. The standard InChI is InChI=1S/C11H22N2/c1-5-9(3)7-10(8-12)11(6-2)13-4/h9-11,13H,5-7H2,1-4H3/t9-,10-,11+/m0/s1. The van der Waals surface area contributed by atoms with Crippen molar-refractivity contribution in [3.8, 4) is 6.07 Å². The lowest BCUT2D eigenvalue weighted by Crippen LogP contribution is -2.33. The Balaban J connectivity index is 4.09. The smallest absolute Gasteiger partial charge is 0.0672 e. The van der Waals surface area contributed by atoms with E-state index in [2.05, 4.69) is 32.2 Å². The fourth-order valence-electron chi connectivity index (χ4n) is 1.60. The van der Waals surface area contributed by atoms with E-state index in [0.717, 1.165) is 12.8 Å². The third kappa shape index (κ3) is 4.28. The molecule has 0 aromatic carbocycles. The van der Waals surface area contributed by atoms with Crippen LogP contribution < -0.4 is 5.32 Å². The van der Waals surface area contributed by atoms with Crippen LogP contribution >= 0.6 is 0 Å². The Morgan fingerprint density at radius 2 is 1.92 bits per heavy atom. The van der Waals surface area contributed by atoms with Crippen LogP contribution in [0.15, 0.2) is 0 Å². The summed E-state index contributed by atoms with van der Waals surface area (Å²) in [5.41, 5.74) is 0. The Bertz CT molecular complexity index is 156. The quantitative estimate of drug-likeness (QED) is 0.685. The molecule has 0 aromatic heterocycles. The van der Waals surface area contributed by atoms with Crippen LogP contribution in [0.25, 0.3) is 0 Å². The molecule has 76 valence electrons. The first kappa shape index (κ1) is 12.4. The highest BCUT2D eigenvalue weighted by Gasteiger charge is 2.19. The molecular formula is C11H22N2. The first-order valence-corrected chi connectivity index (χ1v) is 5.26. The van der Waals surface area contributed by atoms with E-state index in [0.29, 0.717) is 12.0 Å². The fraction of sp³-hybridized carbons (Fsp3) is 0.909. The van der Waals surface area contributed by atoms with Crippen molar-refractivity contribution in [2.24, 2.45) is 11.8 Å². The van der Waals surface area contributed by atoms with Gasteiger partial charge in [-0.25, -0.2) is 0 Å². The van der Waals surface area contributed by atoms with E-state index in [1.165, 1.54) is 6.42 Å². The molecule has 0 saturated heterocycles. The zero-order chi connectivity index (χ0) is 10.3. The highest BCUT2D eigenvalue weighted by atomic mass is 14.9. The van der Waals surface area contributed by atoms with Gasteiger partial charge < -0.3 is 5.32 Å². The van der Waals surface area contributed by atoms with Crippen molar-refractivity contribution in [2.75, 3.05) is 7.05 Å². The van der Waals surface area contributed by atoms with Gasteiger partial charge in [0.1, 0.15) is 0 Å². The van der Waals surface area contributed by atoms with Crippen LogP contribution in [0.1, 0.15) is 40.0 Å². The lowest BCUT2D eigenvalue weighted by molar-refractivity contribution is 0.352. The molecule has 0 unspecified atom stereocenters. The number of nitrogens with zero attached hydrogens (tertiary/aromatic N) is 1. The molecule has 0 rings (SSSR count). The minimum atomic E-state index is 0.171. The van der Waals surface area contributed by atoms with Gasteiger partial charge >= 0.3 is 0 Å². The van der Waals surface area contributed by atoms with E-state index in [1.54, 1.807) is 0 Å². The Kier molecular flexibility index (Phi) is 6.62. The maximum Gasteiger partial charge on any atom is 0.0672 e. The number of nitrogens with one attached hydrogen (secondary N) is 1. The second-order valence-corrected chi connectivity index (χ2v) is 3.79. The molecule has 0 amide bonds. The number of hydrogen-bond donors (Lipinski definition) is 1. The van der Waals surface area contributed by atoms with E-state index in [4.69, 9.17) is 5.26 Å². The molecule has 2 heteroatoms. The molecule has 2 nitrogen and oxygen atoms in total. The van der Waals surface area contributed by atoms with Gasteiger partial charge in [-0.3, -0.25) is 0 Å². The molecule has 0 aliphatic carbocycles. The molecule has 0 spiro atoms. The van der Waals surface area contributed by atoms with E-state index in [1.807, 2.05) is 7.05 Å². The van der Waals surface area contributed by atoms with Crippen LogP contribution in [0.2, 0.25) is 0 Å². The van der Waals surface area contributed by atoms with Crippen LogP contribution in [0.5, 0.6) is 0 Å². The van der Waals surface area contributed by atoms with Gasteiger partial charge in [-0.1, -0.05) is 27.2 Å². The minimum Gasteiger partial charge on any atom is -0.316 e. The topological polar surface area (TPSA) is 35.8 Å². The number of rotatable bonds is 6. The SMILES string of the molecule is CC[C@H](C)C[C@@H](C#N)[C@@H](CC)NC. The summed E-state index contributed by atoms with van der Waals surface area (Å²) < 4.78 is 0. The molecule has 13 heavy (non-hydrogen) atoms. The van der Waals surface area contributed by atoms with Crippen molar-refractivity contribution in [3.63, 3.8) is 0 Å². The average Bonchev–Trinajstić information content (AvgIpc) is 2.17. The van der Waals surface area contributed by atoms with Crippen LogP contribution in [0.3, 0.4) is 0 Å². The summed E-state index contributed by atoms with van der Waals surface area (Å²) in [6.07, 6.45) is 3.22. The zero-order valence-corrected chi connectivity index (χ0v) is 9.30. The number of nitriles is 1. The summed E-state index contributed by atoms with van der Waals surface area (Å²) >= 11 is 0. The third-order valence-corrected chi connectivity index (χ3v) is 2.82. The van der Waals surface area contributed by atoms with E-state index >= 15 is 0 Å². The highest BCUT2D eigenvalue weighted by Crippen LogP contribution is 2.19. The lowest BCUT2D eigenvalue weighted by atomic mass is 9.88. The molecule has 3 atom stereocenters. The molecule has 0 bridgehead atoms. The average molecular weight is 182 g/mol. The summed E-state index contributed by atoms with van der Waals surface area (Å²) in [4.78, 5) is 0. The monoisotopic (exact) mass is 182 g/mol. The third-order valence-electron chi connectivity index (χ3n) is 2.82. The van der Waals surface area contributed by atoms with Crippen molar-refractivity contribution < 1.29 is 0 Å². The first-order chi connectivity index (χ1) is 6.19. The van der Waals surface area contributed by atoms with Crippen molar-refractivity contribution in [1.82, 2.24) is 5.32 Å². The zero-order valence-electron chi connectivity index (χ0n) is 9.30. The van der Waals surface area contributed by atoms with E-state index < -0.39 is 0 Å². The summed E-state index contributed by atoms with van der Waals surface area (Å²) in [5.74, 6) is 0.831. The van der Waals surface area contributed by atoms with E-state index in [-0.39, 0.29) is 5.92 Å². The van der Waals surface area contributed by atoms with Crippen LogP contribution in [0, 0.1) is 23.2 Å². The Labute approximate surface area is 82.3 Å². The maximum atomic E-state index is 9.01. The van der Waals surface area contributed by atoms with Crippen molar-refractivity contribution in [1.29, 1.82) is 5.26 Å². The molecular weight excluding hydrogens is 160 g/mol. The predicted octanol–water partition coefficient (Wildman–Crippen LogP) is 2.56. The molecule has 0 heterocycles. The molecule has 0 saturated carbocycles. The van der Waals surface area contributed by atoms with Crippen LogP contribution in [0.4, 0.5) is 0 Å². The van der Waals surface area contributed by atoms with Gasteiger partial charge in [-0.15, -0.1) is 0 Å². The van der Waals surface area contributed by atoms with Gasteiger partial charge in [-0.2, -0.15) is 5.26 Å². The second kappa shape index (κ2) is 6.91. The van der Waals surface area contributed by atoms with Gasteiger partial charge in [-0.05, 0) is 25.8 Å². The van der Waals surface area contributed by atoms with Crippen molar-refractivity contribution >= 4 is 0 Å². The second-order valence-electron chi connectivity index (χ2n) is 3.79. The first-order valence-electron chi connectivity index (χ1n) is 5.26. The summed E-state index contributed by atoms with van der Waals surface area (Å²) in [5, 5.41) is 12.2. The summed E-state index contributed by atoms with van der Waals surface area (Å²) in [6, 6.07) is 2.77. The van der Waals surface area contributed by atoms with E-state index in [9.17, 15) is 0 Å². The van der Waals surface area contributed by atoms with Gasteiger partial charge in [0, 0.05) is 6.04 Å². The Hall–Kier alpha value is -0.550. The van der Waals surface area contributed by atoms with Gasteiger partial charge in [0.25, 0.3) is 0 Å². The minimum absolute atomic E-state index is 0.171. The largest absolute Gasteiger partial charge is 0.316 e. The lowest BCUT2D eigenvalue weighted by Gasteiger charge is -2.22. The summed E-state index contributed by atoms with van der Waals surface area (Å²) in [7, 11) is 1.94. The molecule has 0 radical (unpaired) electrons. The van der Waals surface area contributed by atoms with Gasteiger partial charge in [0.15, 0.2) is 0 Å².